The first-order valence-electron chi connectivity index (χ1n) is 3.62. The van der Waals surface area contributed by atoms with Gasteiger partial charge in [-0.3, -0.25) is 4.84 Å². The molecule has 0 bridgehead atoms. The van der Waals surface area contributed by atoms with Gasteiger partial charge >= 0.3 is 6.09 Å². The number of carbonyl (C=O) groups is 1. The zero-order chi connectivity index (χ0) is 9.61. The van der Waals surface area contributed by atoms with Gasteiger partial charge in [-0.05, 0) is 20.8 Å². The van der Waals surface area contributed by atoms with Gasteiger partial charge in [-0.15, -0.1) is 0 Å². The van der Waals surface area contributed by atoms with E-state index in [1.807, 2.05) is 0 Å². The quantitative estimate of drug-likeness (QED) is 0.465. The first kappa shape index (κ1) is 11.7. The van der Waals surface area contributed by atoms with Crippen molar-refractivity contribution in [3.63, 3.8) is 0 Å². The number of nitrogens with one attached hydrogen (secondary N) is 1. The number of hydroxylamine groups is 1. The average molecular weight is 240 g/mol. The Balaban J connectivity index is 3.47. The van der Waals surface area contributed by atoms with E-state index in [2.05, 4.69) is 21.4 Å². The van der Waals surface area contributed by atoms with E-state index in [0.29, 0.717) is 11.9 Å². The zero-order valence-electron chi connectivity index (χ0n) is 7.52. The average Bonchev–Trinajstić information content (AvgIpc) is 1.84. The summed E-state index contributed by atoms with van der Waals surface area (Å²) >= 11 is 3.14. The van der Waals surface area contributed by atoms with Crippen molar-refractivity contribution in [2.24, 2.45) is 0 Å². The summed E-state index contributed by atoms with van der Waals surface area (Å²) in [5.74, 6) is 0. The Bertz CT molecular complexity index is 144. The summed E-state index contributed by atoms with van der Waals surface area (Å²) in [5.41, 5.74) is 1.66. The topological polar surface area (TPSA) is 47.6 Å². The Labute approximate surface area is 80.7 Å². The second kappa shape index (κ2) is 5.37. The molecule has 0 saturated heterocycles. The standard InChI is InChI=1S/C7H14BrNO3/c1-7(2,3)12-6(10)9-11-5-4-8/h4-5H2,1-3H3,(H,9,10). The largest absolute Gasteiger partial charge is 0.442 e. The third-order valence-electron chi connectivity index (χ3n) is 0.734. The highest BCUT2D eigenvalue weighted by Crippen LogP contribution is 2.06. The van der Waals surface area contributed by atoms with E-state index in [1.165, 1.54) is 0 Å². The van der Waals surface area contributed by atoms with Crippen LogP contribution >= 0.6 is 15.9 Å². The number of rotatable bonds is 3. The van der Waals surface area contributed by atoms with Gasteiger partial charge in [-0.25, -0.2) is 4.79 Å². The number of amides is 1. The van der Waals surface area contributed by atoms with Crippen molar-refractivity contribution in [1.29, 1.82) is 0 Å². The molecule has 0 radical (unpaired) electrons. The molecule has 1 N–H and O–H groups in total. The molecule has 0 spiro atoms. The summed E-state index contributed by atoms with van der Waals surface area (Å²) in [7, 11) is 0. The van der Waals surface area contributed by atoms with E-state index in [-0.39, 0.29) is 0 Å². The SMILES string of the molecule is CC(C)(C)OC(=O)NOCCBr. The van der Waals surface area contributed by atoms with Gasteiger partial charge in [-0.1, -0.05) is 15.9 Å². The summed E-state index contributed by atoms with van der Waals surface area (Å²) < 4.78 is 4.89. The highest BCUT2D eigenvalue weighted by molar-refractivity contribution is 9.09. The normalized spacial score (nSPS) is 11.0. The van der Waals surface area contributed by atoms with Crippen LogP contribution in [0.5, 0.6) is 0 Å². The van der Waals surface area contributed by atoms with E-state index in [9.17, 15) is 4.79 Å². The molecule has 0 aromatic heterocycles. The van der Waals surface area contributed by atoms with E-state index < -0.39 is 11.7 Å². The summed E-state index contributed by atoms with van der Waals surface area (Å²) in [5, 5.41) is 0.669. The molecule has 12 heavy (non-hydrogen) atoms. The summed E-state index contributed by atoms with van der Waals surface area (Å²) in [6.45, 7) is 5.78. The van der Waals surface area contributed by atoms with Crippen LogP contribution in [0.25, 0.3) is 0 Å². The maximum absolute atomic E-state index is 10.9. The molecule has 0 aliphatic heterocycles. The van der Waals surface area contributed by atoms with Crippen molar-refractivity contribution in [3.8, 4) is 0 Å². The van der Waals surface area contributed by atoms with Crippen molar-refractivity contribution in [2.75, 3.05) is 11.9 Å². The van der Waals surface area contributed by atoms with Crippen LogP contribution in [0.4, 0.5) is 4.79 Å². The molecule has 0 heterocycles. The van der Waals surface area contributed by atoms with Crippen LogP contribution in [0.2, 0.25) is 0 Å². The van der Waals surface area contributed by atoms with Gasteiger partial charge in [0.15, 0.2) is 0 Å². The van der Waals surface area contributed by atoms with Gasteiger partial charge in [0, 0.05) is 5.33 Å². The molecule has 0 fully saturated rings. The highest BCUT2D eigenvalue weighted by Gasteiger charge is 2.15. The second-order valence-corrected chi connectivity index (χ2v) is 3.93. The smallest absolute Gasteiger partial charge is 0.431 e. The van der Waals surface area contributed by atoms with Gasteiger partial charge in [-0.2, -0.15) is 5.48 Å². The van der Waals surface area contributed by atoms with Crippen molar-refractivity contribution in [3.05, 3.63) is 0 Å². The Morgan fingerprint density at radius 3 is 2.50 bits per heavy atom. The Morgan fingerprint density at radius 2 is 2.08 bits per heavy atom. The number of carbonyl (C=O) groups excluding carboxylic acids is 1. The van der Waals surface area contributed by atoms with Crippen molar-refractivity contribution in [2.45, 2.75) is 26.4 Å². The molecule has 0 rings (SSSR count). The molecule has 72 valence electrons. The molecule has 0 saturated carbocycles. The molecule has 0 unspecified atom stereocenters. The monoisotopic (exact) mass is 239 g/mol. The fourth-order valence-electron chi connectivity index (χ4n) is 0.447. The molecular weight excluding hydrogens is 226 g/mol. The predicted molar refractivity (Wildman–Crippen MR) is 49.1 cm³/mol. The lowest BCUT2D eigenvalue weighted by molar-refractivity contribution is -0.00316. The molecule has 0 atom stereocenters. The van der Waals surface area contributed by atoms with Crippen LogP contribution in [-0.2, 0) is 9.57 Å². The lowest BCUT2D eigenvalue weighted by Gasteiger charge is -2.19. The third kappa shape index (κ3) is 7.81. The summed E-state index contributed by atoms with van der Waals surface area (Å²) in [6.07, 6.45) is -0.566. The predicted octanol–water partition coefficient (Wildman–Crippen LogP) is 1.84. The lowest BCUT2D eigenvalue weighted by Crippen LogP contribution is -2.32. The van der Waals surface area contributed by atoms with Gasteiger partial charge in [0.2, 0.25) is 0 Å². The van der Waals surface area contributed by atoms with Crippen LogP contribution in [0.15, 0.2) is 0 Å². The van der Waals surface area contributed by atoms with Gasteiger partial charge in [0.1, 0.15) is 5.60 Å². The Morgan fingerprint density at radius 1 is 1.50 bits per heavy atom. The van der Waals surface area contributed by atoms with Crippen molar-refractivity contribution >= 4 is 22.0 Å². The second-order valence-electron chi connectivity index (χ2n) is 3.14. The van der Waals surface area contributed by atoms with E-state index in [4.69, 9.17) is 9.57 Å². The van der Waals surface area contributed by atoms with E-state index >= 15 is 0 Å². The van der Waals surface area contributed by atoms with E-state index in [0.717, 1.165) is 0 Å². The van der Waals surface area contributed by atoms with Gasteiger partial charge in [0.05, 0.1) is 6.61 Å². The number of hydrogen-bond acceptors (Lipinski definition) is 3. The van der Waals surface area contributed by atoms with Crippen LogP contribution in [0.3, 0.4) is 0 Å². The molecule has 5 heteroatoms. The Kier molecular flexibility index (Phi) is 5.24. The molecular formula is C7H14BrNO3. The molecule has 4 nitrogen and oxygen atoms in total. The minimum atomic E-state index is -0.566. The highest BCUT2D eigenvalue weighted by atomic mass is 79.9. The minimum Gasteiger partial charge on any atom is -0.442 e. The first-order chi connectivity index (χ1) is 5.45. The molecule has 1 amide bonds. The molecule has 0 aliphatic rings. The maximum atomic E-state index is 10.9. The van der Waals surface area contributed by atoms with Crippen LogP contribution < -0.4 is 5.48 Å². The zero-order valence-corrected chi connectivity index (χ0v) is 9.10. The number of hydrogen-bond donors (Lipinski definition) is 1. The number of ether oxygens (including phenoxy) is 1. The summed E-state index contributed by atoms with van der Waals surface area (Å²) in [4.78, 5) is 15.6. The molecule has 0 aromatic carbocycles. The van der Waals surface area contributed by atoms with E-state index in [1.54, 1.807) is 20.8 Å². The van der Waals surface area contributed by atoms with Crippen LogP contribution in [-0.4, -0.2) is 23.6 Å². The van der Waals surface area contributed by atoms with Gasteiger partial charge in [0.25, 0.3) is 0 Å². The van der Waals surface area contributed by atoms with Gasteiger partial charge < -0.3 is 4.74 Å². The Hall–Kier alpha value is -0.290. The number of halogens is 1. The lowest BCUT2D eigenvalue weighted by atomic mass is 10.2. The van der Waals surface area contributed by atoms with Crippen molar-refractivity contribution in [1.82, 2.24) is 5.48 Å². The number of alkyl halides is 1. The molecule has 0 aromatic rings. The van der Waals surface area contributed by atoms with Crippen LogP contribution in [0.1, 0.15) is 20.8 Å². The first-order valence-corrected chi connectivity index (χ1v) is 4.74. The minimum absolute atomic E-state index is 0.416. The summed E-state index contributed by atoms with van der Waals surface area (Å²) in [6, 6.07) is 0. The molecule has 0 aliphatic carbocycles. The third-order valence-corrected chi connectivity index (χ3v) is 1.06. The fourth-order valence-corrected chi connectivity index (χ4v) is 0.609. The fraction of sp³-hybridized carbons (Fsp3) is 0.857. The van der Waals surface area contributed by atoms with Crippen LogP contribution in [0, 0.1) is 0 Å². The van der Waals surface area contributed by atoms with Crippen molar-refractivity contribution < 1.29 is 14.4 Å². The maximum Gasteiger partial charge on any atom is 0.431 e.